The summed E-state index contributed by atoms with van der Waals surface area (Å²) in [5.74, 6) is 0.00961. The molecule has 150 valence electrons. The predicted molar refractivity (Wildman–Crippen MR) is 116 cm³/mol. The number of ether oxygens (including phenoxy) is 1. The zero-order valence-corrected chi connectivity index (χ0v) is 16.3. The van der Waals surface area contributed by atoms with Crippen LogP contribution in [-0.4, -0.2) is 29.3 Å². The van der Waals surface area contributed by atoms with Gasteiger partial charge in [0.2, 0.25) is 0 Å². The van der Waals surface area contributed by atoms with Crippen LogP contribution in [0.4, 0.5) is 0 Å². The Morgan fingerprint density at radius 1 is 1.07 bits per heavy atom. The first-order chi connectivity index (χ1) is 14.1. The number of nitrogens with two attached hydrogens (primary N) is 2. The second-order valence-electron chi connectivity index (χ2n) is 7.02. The lowest BCUT2D eigenvalue weighted by molar-refractivity contribution is -0.136. The van der Waals surface area contributed by atoms with Crippen LogP contribution in [-0.2, 0) is 4.79 Å². The van der Waals surface area contributed by atoms with E-state index in [4.69, 9.17) is 21.6 Å². The van der Waals surface area contributed by atoms with Gasteiger partial charge in [-0.3, -0.25) is 4.98 Å². The van der Waals surface area contributed by atoms with E-state index in [-0.39, 0.29) is 6.54 Å². The fourth-order valence-electron chi connectivity index (χ4n) is 3.05. The van der Waals surface area contributed by atoms with Crippen molar-refractivity contribution in [1.82, 2.24) is 4.98 Å². The molecule has 0 saturated carbocycles. The Morgan fingerprint density at radius 2 is 1.79 bits per heavy atom. The summed E-state index contributed by atoms with van der Waals surface area (Å²) in [7, 11) is 0. The van der Waals surface area contributed by atoms with E-state index in [2.05, 4.69) is 11.1 Å². The summed E-state index contributed by atoms with van der Waals surface area (Å²) >= 11 is 0. The molecule has 0 unspecified atom stereocenters. The number of esters is 1. The third kappa shape index (κ3) is 5.70. The maximum Gasteiger partial charge on any atom is 0.328 e. The molecule has 1 atom stereocenters. The van der Waals surface area contributed by atoms with Crippen molar-refractivity contribution in [3.63, 3.8) is 0 Å². The number of rotatable bonds is 9. The molecule has 6 nitrogen and oxygen atoms in total. The van der Waals surface area contributed by atoms with Crippen molar-refractivity contribution in [2.75, 3.05) is 6.54 Å². The molecule has 3 aromatic rings. The Morgan fingerprint density at radius 3 is 2.52 bits per heavy atom. The van der Waals surface area contributed by atoms with E-state index < -0.39 is 12.0 Å². The van der Waals surface area contributed by atoms with Crippen LogP contribution >= 0.6 is 0 Å². The standard InChI is InChI=1S/C23H26N4O2/c24-14-19(25)7-3-4-8-21(26)23(28)29-20-11-9-16(10-12-20)22-13-17-5-1-2-6-18(17)15-27-22/h1-2,5-6,9-13,15,21,25H,3-4,7-8,14,24,26H2/t21-/m0/s1. The van der Waals surface area contributed by atoms with Crippen LogP contribution in [0.2, 0.25) is 0 Å². The SMILES string of the molecule is N=C(CN)CCCC[C@H](N)C(=O)Oc1ccc(-c2cc3ccccc3cn2)cc1. The van der Waals surface area contributed by atoms with Crippen molar-refractivity contribution in [2.24, 2.45) is 11.5 Å². The van der Waals surface area contributed by atoms with E-state index in [1.165, 1.54) is 0 Å². The summed E-state index contributed by atoms with van der Waals surface area (Å²) in [6.45, 7) is 0.277. The summed E-state index contributed by atoms with van der Waals surface area (Å²) < 4.78 is 5.39. The lowest BCUT2D eigenvalue weighted by atomic mass is 10.1. The van der Waals surface area contributed by atoms with Gasteiger partial charge < -0.3 is 21.6 Å². The Balaban J connectivity index is 1.55. The second kappa shape index (κ2) is 9.91. The Bertz CT molecular complexity index is 986. The van der Waals surface area contributed by atoms with Crippen molar-refractivity contribution < 1.29 is 9.53 Å². The molecule has 0 fully saturated rings. The van der Waals surface area contributed by atoms with Crippen molar-refractivity contribution >= 4 is 22.5 Å². The minimum atomic E-state index is -0.677. The molecule has 0 aliphatic rings. The number of unbranched alkanes of at least 4 members (excludes halogenated alkanes) is 1. The third-order valence-electron chi connectivity index (χ3n) is 4.79. The number of benzene rings is 2. The van der Waals surface area contributed by atoms with Gasteiger partial charge >= 0.3 is 5.97 Å². The highest BCUT2D eigenvalue weighted by Gasteiger charge is 2.15. The second-order valence-corrected chi connectivity index (χ2v) is 7.02. The number of carbonyl (C=O) groups excluding carboxylic acids is 1. The van der Waals surface area contributed by atoms with E-state index in [9.17, 15) is 4.79 Å². The molecule has 0 radical (unpaired) electrons. The molecule has 0 aliphatic carbocycles. The quantitative estimate of drug-likeness (QED) is 0.223. The number of hydrogen-bond donors (Lipinski definition) is 3. The van der Waals surface area contributed by atoms with E-state index in [1.54, 1.807) is 12.1 Å². The minimum Gasteiger partial charge on any atom is -0.425 e. The molecule has 0 spiro atoms. The lowest BCUT2D eigenvalue weighted by Gasteiger charge is -2.11. The number of aromatic nitrogens is 1. The monoisotopic (exact) mass is 390 g/mol. The predicted octanol–water partition coefficient (Wildman–Crippen LogP) is 3.67. The summed E-state index contributed by atoms with van der Waals surface area (Å²) in [6, 6.07) is 16.7. The molecular formula is C23H26N4O2. The van der Waals surface area contributed by atoms with E-state index in [0.717, 1.165) is 34.9 Å². The molecule has 2 aromatic carbocycles. The van der Waals surface area contributed by atoms with E-state index >= 15 is 0 Å². The van der Waals surface area contributed by atoms with Crippen LogP contribution < -0.4 is 16.2 Å². The van der Waals surface area contributed by atoms with Gasteiger partial charge in [-0.05, 0) is 55.0 Å². The molecule has 29 heavy (non-hydrogen) atoms. The first-order valence-corrected chi connectivity index (χ1v) is 9.75. The van der Waals surface area contributed by atoms with Gasteiger partial charge in [-0.2, -0.15) is 0 Å². The Kier molecular flexibility index (Phi) is 7.05. The maximum atomic E-state index is 12.2. The highest BCUT2D eigenvalue weighted by Crippen LogP contribution is 2.24. The number of fused-ring (bicyclic) bond motifs is 1. The topological polar surface area (TPSA) is 115 Å². The van der Waals surface area contributed by atoms with Crippen LogP contribution in [0, 0.1) is 5.41 Å². The molecule has 0 saturated heterocycles. The highest BCUT2D eigenvalue weighted by molar-refractivity contribution is 5.85. The summed E-state index contributed by atoms with van der Waals surface area (Å²) in [5.41, 5.74) is 13.6. The van der Waals surface area contributed by atoms with Crippen molar-refractivity contribution in [3.8, 4) is 17.0 Å². The van der Waals surface area contributed by atoms with Crippen LogP contribution in [0.1, 0.15) is 25.7 Å². The van der Waals surface area contributed by atoms with Crippen LogP contribution in [0.15, 0.2) is 60.8 Å². The molecule has 6 heteroatoms. The van der Waals surface area contributed by atoms with E-state index in [1.807, 2.05) is 42.6 Å². The van der Waals surface area contributed by atoms with Gasteiger partial charge in [0.15, 0.2) is 0 Å². The molecule has 0 amide bonds. The summed E-state index contributed by atoms with van der Waals surface area (Å²) in [5, 5.41) is 9.74. The normalized spacial score (nSPS) is 11.9. The Labute approximate surface area is 170 Å². The number of hydrogen-bond acceptors (Lipinski definition) is 6. The largest absolute Gasteiger partial charge is 0.425 e. The molecule has 5 N–H and O–H groups in total. The number of nitrogens with zero attached hydrogens (tertiary/aromatic N) is 1. The van der Waals surface area contributed by atoms with Crippen molar-refractivity contribution in [2.45, 2.75) is 31.7 Å². The third-order valence-corrected chi connectivity index (χ3v) is 4.79. The Hall–Kier alpha value is -3.09. The average molecular weight is 390 g/mol. The number of carbonyl (C=O) groups is 1. The van der Waals surface area contributed by atoms with Gasteiger partial charge in [-0.25, -0.2) is 4.79 Å². The first-order valence-electron chi connectivity index (χ1n) is 9.75. The maximum absolute atomic E-state index is 12.2. The van der Waals surface area contributed by atoms with Crippen LogP contribution in [0.3, 0.4) is 0 Å². The first kappa shape index (κ1) is 20.6. The van der Waals surface area contributed by atoms with Gasteiger partial charge in [-0.15, -0.1) is 0 Å². The molecule has 3 rings (SSSR count). The van der Waals surface area contributed by atoms with Gasteiger partial charge in [0, 0.05) is 29.4 Å². The van der Waals surface area contributed by atoms with E-state index in [0.29, 0.717) is 24.3 Å². The van der Waals surface area contributed by atoms with Crippen LogP contribution in [0.5, 0.6) is 5.75 Å². The van der Waals surface area contributed by atoms with Crippen LogP contribution in [0.25, 0.3) is 22.0 Å². The summed E-state index contributed by atoms with van der Waals surface area (Å²) in [4.78, 5) is 16.7. The van der Waals surface area contributed by atoms with Gasteiger partial charge in [0.05, 0.1) is 5.69 Å². The number of pyridine rings is 1. The van der Waals surface area contributed by atoms with Crippen molar-refractivity contribution in [3.05, 3.63) is 60.8 Å². The van der Waals surface area contributed by atoms with Crippen molar-refractivity contribution in [1.29, 1.82) is 5.41 Å². The summed E-state index contributed by atoms with van der Waals surface area (Å²) in [6.07, 6.45) is 4.57. The molecule has 0 bridgehead atoms. The molecule has 1 heterocycles. The fraction of sp³-hybridized carbons (Fsp3) is 0.261. The lowest BCUT2D eigenvalue weighted by Crippen LogP contribution is -2.34. The number of nitrogens with one attached hydrogen (secondary N) is 1. The fourth-order valence-corrected chi connectivity index (χ4v) is 3.05. The van der Waals surface area contributed by atoms with Gasteiger partial charge in [0.25, 0.3) is 0 Å². The average Bonchev–Trinajstić information content (AvgIpc) is 2.76. The molecule has 0 aliphatic heterocycles. The zero-order valence-electron chi connectivity index (χ0n) is 16.3. The van der Waals surface area contributed by atoms with Gasteiger partial charge in [-0.1, -0.05) is 30.7 Å². The minimum absolute atomic E-state index is 0.277. The zero-order chi connectivity index (χ0) is 20.6. The van der Waals surface area contributed by atoms with Gasteiger partial charge in [0.1, 0.15) is 11.8 Å². The smallest absolute Gasteiger partial charge is 0.328 e. The highest BCUT2D eigenvalue weighted by atomic mass is 16.5. The molecular weight excluding hydrogens is 364 g/mol. The molecule has 1 aromatic heterocycles.